The number of likely N-dealkylation sites (tertiary alicyclic amines) is 1. The summed E-state index contributed by atoms with van der Waals surface area (Å²) in [5.74, 6) is -1.30. The maximum atomic E-state index is 13.3. The van der Waals surface area contributed by atoms with Crippen LogP contribution in [0.5, 0.6) is 17.2 Å². The monoisotopic (exact) mass is 450 g/mol. The Morgan fingerprint density at radius 1 is 1.09 bits per heavy atom. The maximum Gasteiger partial charge on any atom is 0.226 e. The lowest BCUT2D eigenvalue weighted by atomic mass is 9.75. The van der Waals surface area contributed by atoms with Crippen molar-refractivity contribution in [2.45, 2.75) is 19.3 Å². The van der Waals surface area contributed by atoms with Gasteiger partial charge in [-0.05, 0) is 32.4 Å². The molecule has 3 N–H and O–H groups in total. The first kappa shape index (κ1) is 21.5. The summed E-state index contributed by atoms with van der Waals surface area (Å²) >= 11 is 0. The van der Waals surface area contributed by atoms with Gasteiger partial charge in [0.2, 0.25) is 11.7 Å². The zero-order valence-electron chi connectivity index (χ0n) is 18.6. The van der Waals surface area contributed by atoms with Gasteiger partial charge in [-0.1, -0.05) is 12.1 Å². The van der Waals surface area contributed by atoms with Gasteiger partial charge in [0.05, 0.1) is 23.8 Å². The van der Waals surface area contributed by atoms with Gasteiger partial charge in [-0.2, -0.15) is 0 Å². The molecule has 1 amide bonds. The van der Waals surface area contributed by atoms with Crippen molar-refractivity contribution in [2.75, 3.05) is 33.8 Å². The standard InChI is InChI=1S/C25H26N2O6/c1-26-9-12-10-27(11-12)25(32)13-6-7-14-16(8-13)23(30)19-20(21(14)28)24(31)18-15(22(19)29)4-3-5-17(18)33-2/h3-5,12-13,26,28,30H,6-11H2,1-2H3. The summed E-state index contributed by atoms with van der Waals surface area (Å²) in [6.07, 6.45) is 1.07. The molecule has 3 aliphatic rings. The van der Waals surface area contributed by atoms with Gasteiger partial charge >= 0.3 is 0 Å². The molecule has 0 aromatic heterocycles. The van der Waals surface area contributed by atoms with Crippen molar-refractivity contribution >= 4 is 17.5 Å². The number of phenolic OH excluding ortho intramolecular Hbond substituents is 2. The van der Waals surface area contributed by atoms with E-state index in [1.54, 1.807) is 12.1 Å². The summed E-state index contributed by atoms with van der Waals surface area (Å²) in [5.41, 5.74) is 0.659. The van der Waals surface area contributed by atoms with Gasteiger partial charge < -0.3 is 25.2 Å². The van der Waals surface area contributed by atoms with Gasteiger partial charge in [-0.3, -0.25) is 14.4 Å². The number of phenols is 2. The van der Waals surface area contributed by atoms with E-state index in [1.165, 1.54) is 13.2 Å². The molecule has 1 heterocycles. The molecule has 172 valence electrons. The lowest BCUT2D eigenvalue weighted by Crippen LogP contribution is -2.55. The minimum atomic E-state index is -0.554. The van der Waals surface area contributed by atoms with Gasteiger partial charge in [0.25, 0.3) is 0 Å². The summed E-state index contributed by atoms with van der Waals surface area (Å²) in [6.45, 7) is 2.27. The van der Waals surface area contributed by atoms with Gasteiger partial charge in [0.1, 0.15) is 17.2 Å². The normalized spacial score (nSPS) is 19.5. The van der Waals surface area contributed by atoms with Crippen molar-refractivity contribution in [2.24, 2.45) is 11.8 Å². The molecule has 0 spiro atoms. The largest absolute Gasteiger partial charge is 0.507 e. The van der Waals surface area contributed by atoms with Crippen molar-refractivity contribution in [1.29, 1.82) is 0 Å². The number of nitrogens with zero attached hydrogens (tertiary/aromatic N) is 1. The Labute approximate surface area is 191 Å². The van der Waals surface area contributed by atoms with Crippen LogP contribution in [-0.4, -0.2) is 66.4 Å². The Morgan fingerprint density at radius 3 is 2.48 bits per heavy atom. The number of rotatable bonds is 4. The summed E-state index contributed by atoms with van der Waals surface area (Å²) in [7, 11) is 3.29. The Kier molecular flexibility index (Phi) is 5.12. The fourth-order valence-electron chi connectivity index (χ4n) is 5.44. The molecule has 0 bridgehead atoms. The van der Waals surface area contributed by atoms with Crippen LogP contribution in [0, 0.1) is 11.8 Å². The highest BCUT2D eigenvalue weighted by molar-refractivity contribution is 6.31. The maximum absolute atomic E-state index is 13.3. The molecule has 8 heteroatoms. The second-order valence-electron chi connectivity index (χ2n) is 9.05. The van der Waals surface area contributed by atoms with E-state index < -0.39 is 11.6 Å². The Morgan fingerprint density at radius 2 is 1.79 bits per heavy atom. The third-order valence-electron chi connectivity index (χ3n) is 7.14. The van der Waals surface area contributed by atoms with Crippen molar-refractivity contribution in [3.63, 3.8) is 0 Å². The molecule has 1 atom stereocenters. The third-order valence-corrected chi connectivity index (χ3v) is 7.14. The average molecular weight is 450 g/mol. The highest BCUT2D eigenvalue weighted by atomic mass is 16.5. The number of hydrogen-bond donors (Lipinski definition) is 3. The summed E-state index contributed by atoms with van der Waals surface area (Å²) in [4.78, 5) is 41.4. The van der Waals surface area contributed by atoms with Crippen LogP contribution in [0.3, 0.4) is 0 Å². The van der Waals surface area contributed by atoms with E-state index in [2.05, 4.69) is 5.32 Å². The first-order chi connectivity index (χ1) is 15.9. The number of benzene rings is 2. The number of ether oxygens (including phenoxy) is 1. The zero-order valence-corrected chi connectivity index (χ0v) is 18.6. The fraction of sp³-hybridized carbons (Fsp3) is 0.400. The molecule has 8 nitrogen and oxygen atoms in total. The number of aromatic hydroxyl groups is 2. The van der Waals surface area contributed by atoms with Crippen molar-refractivity contribution < 1.29 is 29.3 Å². The van der Waals surface area contributed by atoms with Crippen molar-refractivity contribution in [3.8, 4) is 17.2 Å². The molecule has 2 aromatic carbocycles. The smallest absolute Gasteiger partial charge is 0.226 e. The molecule has 33 heavy (non-hydrogen) atoms. The van der Waals surface area contributed by atoms with Crippen LogP contribution >= 0.6 is 0 Å². The van der Waals surface area contributed by atoms with Crippen LogP contribution in [0.15, 0.2) is 18.2 Å². The predicted molar refractivity (Wildman–Crippen MR) is 119 cm³/mol. The summed E-state index contributed by atoms with van der Waals surface area (Å²) < 4.78 is 5.27. The van der Waals surface area contributed by atoms with Gasteiger partial charge in [0, 0.05) is 48.2 Å². The molecule has 0 saturated carbocycles. The number of amides is 1. The van der Waals surface area contributed by atoms with Crippen molar-refractivity contribution in [1.82, 2.24) is 10.2 Å². The molecular formula is C25H26N2O6. The molecule has 0 radical (unpaired) electrons. The van der Waals surface area contributed by atoms with E-state index in [9.17, 15) is 24.6 Å². The van der Waals surface area contributed by atoms with Crippen LogP contribution in [-0.2, 0) is 17.6 Å². The number of carbonyl (C=O) groups excluding carboxylic acids is 3. The second kappa shape index (κ2) is 7.88. The predicted octanol–water partition coefficient (Wildman–Crippen LogP) is 1.66. The molecular weight excluding hydrogens is 424 g/mol. The van der Waals surface area contributed by atoms with Crippen molar-refractivity contribution in [3.05, 3.63) is 51.6 Å². The van der Waals surface area contributed by atoms with Crippen LogP contribution in [0.1, 0.15) is 49.4 Å². The lowest BCUT2D eigenvalue weighted by molar-refractivity contribution is -0.142. The number of fused-ring (bicyclic) bond motifs is 3. The Balaban J connectivity index is 1.51. The van der Waals surface area contributed by atoms with Crippen LogP contribution in [0.4, 0.5) is 0 Å². The number of nitrogens with one attached hydrogen (secondary N) is 1. The number of ketones is 2. The lowest BCUT2D eigenvalue weighted by Gasteiger charge is -2.42. The van der Waals surface area contributed by atoms with E-state index in [0.717, 1.165) is 6.54 Å². The van der Waals surface area contributed by atoms with Crippen LogP contribution in [0.25, 0.3) is 0 Å². The fourth-order valence-corrected chi connectivity index (χ4v) is 5.44. The minimum Gasteiger partial charge on any atom is -0.507 e. The number of hydrogen-bond acceptors (Lipinski definition) is 7. The third kappa shape index (κ3) is 3.12. The van der Waals surface area contributed by atoms with Gasteiger partial charge in [0.15, 0.2) is 5.78 Å². The van der Waals surface area contributed by atoms with Gasteiger partial charge in [-0.25, -0.2) is 0 Å². The quantitative estimate of drug-likeness (QED) is 0.518. The van der Waals surface area contributed by atoms with E-state index in [1.807, 2.05) is 11.9 Å². The minimum absolute atomic E-state index is 0.0297. The summed E-state index contributed by atoms with van der Waals surface area (Å²) in [5, 5.41) is 25.3. The number of carbonyl (C=O) groups is 3. The Hall–Kier alpha value is -3.39. The SMILES string of the molecule is CNCC1CN(C(=O)C2CCc3c(O)c4c(c(O)c3C2)C(=O)c2cccc(OC)c2C4=O)C1. The highest BCUT2D eigenvalue weighted by Gasteiger charge is 2.42. The summed E-state index contributed by atoms with van der Waals surface area (Å²) in [6, 6.07) is 4.69. The van der Waals surface area contributed by atoms with Crippen LogP contribution < -0.4 is 10.1 Å². The number of methoxy groups -OCH3 is 1. The molecule has 1 unspecified atom stereocenters. The van der Waals surface area contributed by atoms with E-state index in [0.29, 0.717) is 43.0 Å². The first-order valence-electron chi connectivity index (χ1n) is 11.2. The molecule has 2 aromatic rings. The highest BCUT2D eigenvalue weighted by Crippen LogP contribution is 2.47. The Bertz CT molecular complexity index is 1200. The topological polar surface area (TPSA) is 116 Å². The van der Waals surface area contributed by atoms with E-state index >= 15 is 0 Å². The van der Waals surface area contributed by atoms with E-state index in [4.69, 9.17) is 4.74 Å². The van der Waals surface area contributed by atoms with Gasteiger partial charge in [-0.15, -0.1) is 0 Å². The molecule has 1 fully saturated rings. The molecule has 1 aliphatic heterocycles. The first-order valence-corrected chi connectivity index (χ1v) is 11.2. The molecule has 5 rings (SSSR count). The molecule has 1 saturated heterocycles. The average Bonchev–Trinajstić information content (AvgIpc) is 2.80. The van der Waals surface area contributed by atoms with Crippen LogP contribution in [0.2, 0.25) is 0 Å². The molecule has 2 aliphatic carbocycles. The second-order valence-corrected chi connectivity index (χ2v) is 9.05. The zero-order chi connectivity index (χ0) is 23.4. The van der Waals surface area contributed by atoms with E-state index in [-0.39, 0.29) is 57.7 Å².